The summed E-state index contributed by atoms with van der Waals surface area (Å²) in [4.78, 5) is 30.3. The number of carbonyl (C=O) groups is 1. The minimum atomic E-state index is -4.60. The molecule has 11 heteroatoms. The van der Waals surface area contributed by atoms with E-state index in [1.165, 1.54) is 4.68 Å². The van der Waals surface area contributed by atoms with Crippen LogP contribution in [0.25, 0.3) is 5.95 Å². The minimum Gasteiger partial charge on any atom is -0.323 e. The Balaban J connectivity index is 2.03. The minimum absolute atomic E-state index is 0.0613. The quantitative estimate of drug-likeness (QED) is 0.609. The number of benzene rings is 1. The normalized spacial score (nSPS) is 11.6. The summed E-state index contributed by atoms with van der Waals surface area (Å²) in [6.45, 7) is 6.56. The van der Waals surface area contributed by atoms with Crippen LogP contribution in [0, 0.1) is 20.8 Å². The molecule has 0 saturated carbocycles. The fourth-order valence-corrected chi connectivity index (χ4v) is 3.52. The third-order valence-electron chi connectivity index (χ3n) is 4.87. The molecule has 0 spiro atoms. The van der Waals surface area contributed by atoms with Gasteiger partial charge in [0.05, 0.1) is 27.7 Å². The number of halogens is 4. The second-order valence-electron chi connectivity index (χ2n) is 7.30. The van der Waals surface area contributed by atoms with Gasteiger partial charge >= 0.3 is 6.18 Å². The predicted octanol–water partition coefficient (Wildman–Crippen LogP) is 4.23. The van der Waals surface area contributed by atoms with Crippen molar-refractivity contribution >= 4 is 23.2 Å². The van der Waals surface area contributed by atoms with E-state index < -0.39 is 29.8 Å². The predicted molar refractivity (Wildman–Crippen MR) is 114 cm³/mol. The molecule has 1 aromatic carbocycles. The smallest absolute Gasteiger partial charge is 0.323 e. The molecule has 3 aromatic rings. The summed E-state index contributed by atoms with van der Waals surface area (Å²) < 4.78 is 41.7. The summed E-state index contributed by atoms with van der Waals surface area (Å²) in [5, 5.41) is 6.64. The first-order valence-corrected chi connectivity index (χ1v) is 10.1. The molecule has 1 N–H and O–H groups in total. The van der Waals surface area contributed by atoms with Gasteiger partial charge in [0.2, 0.25) is 11.9 Å². The van der Waals surface area contributed by atoms with E-state index in [0.29, 0.717) is 29.1 Å². The van der Waals surface area contributed by atoms with Crippen LogP contribution >= 0.6 is 11.6 Å². The maximum Gasteiger partial charge on any atom is 0.416 e. The van der Waals surface area contributed by atoms with Gasteiger partial charge in [-0.1, -0.05) is 18.5 Å². The highest BCUT2D eigenvalue weighted by atomic mass is 35.5. The molecule has 0 radical (unpaired) electrons. The van der Waals surface area contributed by atoms with Crippen molar-refractivity contribution in [3.05, 3.63) is 67.9 Å². The molecule has 170 valence electrons. The van der Waals surface area contributed by atoms with Crippen molar-refractivity contribution in [2.75, 3.05) is 5.32 Å². The van der Waals surface area contributed by atoms with Gasteiger partial charge in [-0.2, -0.15) is 18.3 Å². The fourth-order valence-electron chi connectivity index (χ4n) is 3.36. The molecular formula is C21H21ClF3N5O2. The highest BCUT2D eigenvalue weighted by molar-refractivity contribution is 6.33. The maximum absolute atomic E-state index is 13.1. The molecule has 0 aliphatic rings. The zero-order valence-electron chi connectivity index (χ0n) is 17.8. The third kappa shape index (κ3) is 4.69. The Morgan fingerprint density at radius 3 is 2.44 bits per heavy atom. The lowest BCUT2D eigenvalue weighted by Gasteiger charge is -2.16. The number of aryl methyl sites for hydroxylation is 3. The molecule has 0 fully saturated rings. The van der Waals surface area contributed by atoms with Crippen molar-refractivity contribution < 1.29 is 18.0 Å². The zero-order chi connectivity index (χ0) is 23.8. The molecule has 0 unspecified atom stereocenters. The molecule has 0 bridgehead atoms. The van der Waals surface area contributed by atoms with Crippen molar-refractivity contribution in [3.8, 4) is 5.95 Å². The van der Waals surface area contributed by atoms with E-state index in [2.05, 4.69) is 15.4 Å². The van der Waals surface area contributed by atoms with Crippen molar-refractivity contribution in [2.24, 2.45) is 0 Å². The van der Waals surface area contributed by atoms with Crippen LogP contribution in [0.1, 0.15) is 35.1 Å². The fraction of sp³-hybridized carbons (Fsp3) is 0.333. The number of alkyl halides is 3. The Hall–Kier alpha value is -3.14. The first kappa shape index (κ1) is 23.5. The van der Waals surface area contributed by atoms with Crippen molar-refractivity contribution in [1.82, 2.24) is 19.3 Å². The number of carbonyl (C=O) groups excluding carboxylic acids is 1. The average molecular weight is 468 g/mol. The van der Waals surface area contributed by atoms with E-state index in [1.54, 1.807) is 33.8 Å². The van der Waals surface area contributed by atoms with Gasteiger partial charge in [0.1, 0.15) is 6.54 Å². The number of aromatic nitrogens is 4. The molecule has 2 heterocycles. The molecule has 2 aromatic heterocycles. The highest BCUT2D eigenvalue weighted by Crippen LogP contribution is 2.33. The lowest BCUT2D eigenvalue weighted by Crippen LogP contribution is -2.34. The summed E-state index contributed by atoms with van der Waals surface area (Å²) in [5.41, 5.74) is 0.755. The molecule has 0 saturated heterocycles. The molecule has 7 nitrogen and oxygen atoms in total. The molecule has 0 aliphatic carbocycles. The van der Waals surface area contributed by atoms with Crippen LogP contribution in [0.5, 0.6) is 0 Å². The lowest BCUT2D eigenvalue weighted by molar-refractivity contribution is -0.137. The van der Waals surface area contributed by atoms with Gasteiger partial charge in [-0.05, 0) is 51.5 Å². The summed E-state index contributed by atoms with van der Waals surface area (Å²) in [6, 6.07) is 4.41. The highest BCUT2D eigenvalue weighted by Gasteiger charge is 2.31. The Kier molecular flexibility index (Phi) is 6.45. The second-order valence-corrected chi connectivity index (χ2v) is 7.71. The van der Waals surface area contributed by atoms with Gasteiger partial charge in [-0.25, -0.2) is 9.67 Å². The van der Waals surface area contributed by atoms with E-state index >= 15 is 0 Å². The van der Waals surface area contributed by atoms with Crippen LogP contribution in [0.15, 0.2) is 29.1 Å². The van der Waals surface area contributed by atoms with E-state index in [0.717, 1.165) is 22.8 Å². The second kappa shape index (κ2) is 8.78. The van der Waals surface area contributed by atoms with Crippen molar-refractivity contribution in [3.63, 3.8) is 0 Å². The Morgan fingerprint density at radius 2 is 1.88 bits per heavy atom. The lowest BCUT2D eigenvalue weighted by atomic mass is 10.2. The molecule has 32 heavy (non-hydrogen) atoms. The van der Waals surface area contributed by atoms with E-state index in [4.69, 9.17) is 11.6 Å². The number of hydrogen-bond donors (Lipinski definition) is 1. The Morgan fingerprint density at radius 1 is 1.19 bits per heavy atom. The monoisotopic (exact) mass is 467 g/mol. The summed E-state index contributed by atoms with van der Waals surface area (Å²) >= 11 is 5.97. The maximum atomic E-state index is 13.1. The average Bonchev–Trinajstić information content (AvgIpc) is 3.03. The Labute approximate surface area is 186 Å². The topological polar surface area (TPSA) is 81.8 Å². The summed E-state index contributed by atoms with van der Waals surface area (Å²) in [7, 11) is 0. The van der Waals surface area contributed by atoms with E-state index in [-0.39, 0.29) is 16.7 Å². The number of nitrogens with zero attached hydrogens (tertiary/aromatic N) is 4. The van der Waals surface area contributed by atoms with E-state index in [1.807, 2.05) is 0 Å². The van der Waals surface area contributed by atoms with Crippen LogP contribution < -0.4 is 10.9 Å². The van der Waals surface area contributed by atoms with Crippen LogP contribution in [-0.4, -0.2) is 25.2 Å². The number of hydrogen-bond acceptors (Lipinski definition) is 4. The molecule has 1 amide bonds. The van der Waals surface area contributed by atoms with E-state index in [9.17, 15) is 22.8 Å². The molecule has 0 atom stereocenters. The van der Waals surface area contributed by atoms with Gasteiger partial charge in [0.25, 0.3) is 5.56 Å². The third-order valence-corrected chi connectivity index (χ3v) is 5.20. The van der Waals surface area contributed by atoms with Crippen LogP contribution in [0.2, 0.25) is 5.02 Å². The number of amides is 1. The van der Waals surface area contributed by atoms with Gasteiger partial charge in [0.15, 0.2) is 0 Å². The van der Waals surface area contributed by atoms with Gasteiger partial charge in [-0.15, -0.1) is 0 Å². The van der Waals surface area contributed by atoms with Crippen LogP contribution in [-0.2, 0) is 23.9 Å². The number of nitrogens with one attached hydrogen (secondary N) is 1. The summed E-state index contributed by atoms with van der Waals surface area (Å²) in [5.74, 6) is -0.593. The number of anilines is 1. The molecule has 3 rings (SSSR count). The van der Waals surface area contributed by atoms with Crippen molar-refractivity contribution in [1.29, 1.82) is 0 Å². The van der Waals surface area contributed by atoms with Gasteiger partial charge in [-0.3, -0.25) is 14.2 Å². The molecular weight excluding hydrogens is 447 g/mol. The largest absolute Gasteiger partial charge is 0.416 e. The van der Waals surface area contributed by atoms with Crippen LogP contribution in [0.4, 0.5) is 18.9 Å². The van der Waals surface area contributed by atoms with Gasteiger partial charge < -0.3 is 5.32 Å². The van der Waals surface area contributed by atoms with Gasteiger partial charge in [0, 0.05) is 11.3 Å². The summed E-state index contributed by atoms with van der Waals surface area (Å²) in [6.07, 6.45) is -4.20. The Bertz CT molecular complexity index is 1250. The molecule has 0 aliphatic heterocycles. The first-order chi connectivity index (χ1) is 14.9. The first-order valence-electron chi connectivity index (χ1n) is 9.73. The van der Waals surface area contributed by atoms with Crippen LogP contribution in [0.3, 0.4) is 0 Å². The zero-order valence-corrected chi connectivity index (χ0v) is 18.6. The SMILES string of the molecule is CCc1c(C)nc(-n2nc(C)cc2C)n(CC(=O)Nc2cc(C(F)(F)F)ccc2Cl)c1=O. The number of rotatable bonds is 5. The van der Waals surface area contributed by atoms with Crippen molar-refractivity contribution in [2.45, 2.75) is 46.8 Å². The standard InChI is InChI=1S/C21H21ClF3N5O2/c1-5-15-13(4)26-20(30-12(3)8-11(2)28-30)29(19(15)32)10-18(31)27-17-9-14(21(23,24)25)6-7-16(17)22/h6-9H,5,10H2,1-4H3,(H,27,31).